The molecule has 0 saturated carbocycles. The molecule has 0 spiro atoms. The summed E-state index contributed by atoms with van der Waals surface area (Å²) in [7, 11) is 0. The summed E-state index contributed by atoms with van der Waals surface area (Å²) in [6.45, 7) is 3.70. The standard InChI is InChI=1S/C15H21FN2O.ClH/c1-11(9-12-5-2-3-7-14(12)16)15(19)18-13-6-4-8-17-10-13;/h2-3,5,7,11,13,17H,4,6,8-10H2,1H3,(H,18,19);1H/t11?,13-;/m0./s1. The molecular weight excluding hydrogens is 279 g/mol. The Morgan fingerprint density at radius 3 is 2.90 bits per heavy atom. The van der Waals surface area contributed by atoms with Crippen LogP contribution < -0.4 is 10.6 Å². The summed E-state index contributed by atoms with van der Waals surface area (Å²) in [4.78, 5) is 12.1. The molecular formula is C15H22ClFN2O. The SMILES string of the molecule is CC(Cc1ccccc1F)C(=O)N[C@H]1CCCNC1.Cl. The third-order valence-corrected chi connectivity index (χ3v) is 3.57. The molecule has 2 rings (SSSR count). The number of piperidine rings is 1. The summed E-state index contributed by atoms with van der Waals surface area (Å²) in [5.41, 5.74) is 0.604. The van der Waals surface area contributed by atoms with Gasteiger partial charge in [-0.15, -0.1) is 12.4 Å². The highest BCUT2D eigenvalue weighted by Crippen LogP contribution is 2.13. The van der Waals surface area contributed by atoms with Crippen LogP contribution in [0.2, 0.25) is 0 Å². The molecule has 1 aromatic carbocycles. The van der Waals surface area contributed by atoms with Gasteiger partial charge in [-0.05, 0) is 37.4 Å². The molecule has 1 aliphatic rings. The largest absolute Gasteiger partial charge is 0.352 e. The lowest BCUT2D eigenvalue weighted by Crippen LogP contribution is -2.47. The van der Waals surface area contributed by atoms with Gasteiger partial charge in [0.05, 0.1) is 0 Å². The molecule has 1 saturated heterocycles. The first-order valence-electron chi connectivity index (χ1n) is 6.91. The lowest BCUT2D eigenvalue weighted by atomic mass is 9.99. The second kappa shape index (κ2) is 8.22. The molecule has 5 heteroatoms. The molecule has 3 nitrogen and oxygen atoms in total. The molecule has 1 aromatic rings. The van der Waals surface area contributed by atoms with Crippen molar-refractivity contribution in [3.05, 3.63) is 35.6 Å². The normalized spacial score (nSPS) is 19.8. The van der Waals surface area contributed by atoms with E-state index >= 15 is 0 Å². The monoisotopic (exact) mass is 300 g/mol. The molecule has 20 heavy (non-hydrogen) atoms. The summed E-state index contributed by atoms with van der Waals surface area (Å²) >= 11 is 0. The molecule has 1 heterocycles. The van der Waals surface area contributed by atoms with Crippen molar-refractivity contribution in [1.82, 2.24) is 10.6 Å². The predicted molar refractivity (Wildman–Crippen MR) is 80.6 cm³/mol. The third kappa shape index (κ3) is 4.76. The Bertz CT molecular complexity index is 436. The van der Waals surface area contributed by atoms with Crippen LogP contribution >= 0.6 is 12.4 Å². The second-order valence-electron chi connectivity index (χ2n) is 5.25. The third-order valence-electron chi connectivity index (χ3n) is 3.57. The van der Waals surface area contributed by atoms with Crippen LogP contribution in [-0.2, 0) is 11.2 Å². The van der Waals surface area contributed by atoms with Gasteiger partial charge >= 0.3 is 0 Å². The van der Waals surface area contributed by atoms with Crippen molar-refractivity contribution in [3.63, 3.8) is 0 Å². The highest BCUT2D eigenvalue weighted by atomic mass is 35.5. The van der Waals surface area contributed by atoms with Gasteiger partial charge in [0.2, 0.25) is 5.91 Å². The molecule has 0 aliphatic carbocycles. The van der Waals surface area contributed by atoms with Crippen LogP contribution in [0.1, 0.15) is 25.3 Å². The smallest absolute Gasteiger partial charge is 0.223 e. The zero-order valence-electron chi connectivity index (χ0n) is 11.7. The van der Waals surface area contributed by atoms with E-state index in [0.717, 1.165) is 25.9 Å². The number of hydrogen-bond donors (Lipinski definition) is 2. The van der Waals surface area contributed by atoms with Gasteiger partial charge in [-0.3, -0.25) is 4.79 Å². The van der Waals surface area contributed by atoms with Gasteiger partial charge < -0.3 is 10.6 Å². The van der Waals surface area contributed by atoms with Crippen LogP contribution in [0, 0.1) is 11.7 Å². The van der Waals surface area contributed by atoms with E-state index in [0.29, 0.717) is 12.0 Å². The fraction of sp³-hybridized carbons (Fsp3) is 0.533. The lowest BCUT2D eigenvalue weighted by Gasteiger charge is -2.25. The maximum Gasteiger partial charge on any atom is 0.223 e. The molecule has 1 unspecified atom stereocenters. The van der Waals surface area contributed by atoms with Gasteiger partial charge in [0, 0.05) is 18.5 Å². The average Bonchev–Trinajstić information content (AvgIpc) is 2.42. The minimum Gasteiger partial charge on any atom is -0.352 e. The van der Waals surface area contributed by atoms with Crippen molar-refractivity contribution in [2.24, 2.45) is 5.92 Å². The maximum atomic E-state index is 13.5. The fourth-order valence-corrected chi connectivity index (χ4v) is 2.40. The van der Waals surface area contributed by atoms with Crippen LogP contribution in [0.5, 0.6) is 0 Å². The van der Waals surface area contributed by atoms with Crippen molar-refractivity contribution >= 4 is 18.3 Å². The number of hydrogen-bond acceptors (Lipinski definition) is 2. The zero-order chi connectivity index (χ0) is 13.7. The Hall–Kier alpha value is -1.13. The number of carbonyl (C=O) groups excluding carboxylic acids is 1. The maximum absolute atomic E-state index is 13.5. The topological polar surface area (TPSA) is 41.1 Å². The Labute approximate surface area is 125 Å². The summed E-state index contributed by atoms with van der Waals surface area (Å²) in [5.74, 6) is -0.433. The highest BCUT2D eigenvalue weighted by Gasteiger charge is 2.20. The summed E-state index contributed by atoms with van der Waals surface area (Å²) < 4.78 is 13.5. The molecule has 0 aromatic heterocycles. The Morgan fingerprint density at radius 2 is 2.25 bits per heavy atom. The number of carbonyl (C=O) groups is 1. The van der Waals surface area contributed by atoms with Crippen molar-refractivity contribution in [2.75, 3.05) is 13.1 Å². The first-order chi connectivity index (χ1) is 9.16. The summed E-state index contributed by atoms with van der Waals surface area (Å²) in [5, 5.41) is 6.30. The number of benzene rings is 1. The van der Waals surface area contributed by atoms with E-state index in [1.807, 2.05) is 6.92 Å². The van der Waals surface area contributed by atoms with Gasteiger partial charge in [-0.25, -0.2) is 4.39 Å². The minimum atomic E-state index is -0.235. The predicted octanol–water partition coefficient (Wildman–Crippen LogP) is 2.29. The van der Waals surface area contributed by atoms with E-state index in [9.17, 15) is 9.18 Å². The average molecular weight is 301 g/mol. The molecule has 0 radical (unpaired) electrons. The van der Waals surface area contributed by atoms with Crippen molar-refractivity contribution < 1.29 is 9.18 Å². The number of halogens is 2. The van der Waals surface area contributed by atoms with Crippen LogP contribution in [0.4, 0.5) is 4.39 Å². The second-order valence-corrected chi connectivity index (χ2v) is 5.25. The Morgan fingerprint density at radius 1 is 1.50 bits per heavy atom. The summed E-state index contributed by atoms with van der Waals surface area (Å²) in [6.07, 6.45) is 2.55. The lowest BCUT2D eigenvalue weighted by molar-refractivity contribution is -0.125. The molecule has 0 bridgehead atoms. The van der Waals surface area contributed by atoms with Crippen molar-refractivity contribution in [2.45, 2.75) is 32.2 Å². The van der Waals surface area contributed by atoms with Gasteiger partial charge in [-0.2, -0.15) is 0 Å². The first-order valence-corrected chi connectivity index (χ1v) is 6.91. The Balaban J connectivity index is 0.00000200. The van der Waals surface area contributed by atoms with Gasteiger partial charge in [-0.1, -0.05) is 25.1 Å². The van der Waals surface area contributed by atoms with Crippen molar-refractivity contribution in [3.8, 4) is 0 Å². The van der Waals surface area contributed by atoms with Gasteiger partial charge in [0.25, 0.3) is 0 Å². The Kier molecular flexibility index (Phi) is 6.96. The first kappa shape index (κ1) is 16.9. The van der Waals surface area contributed by atoms with Gasteiger partial charge in [0.1, 0.15) is 5.82 Å². The van der Waals surface area contributed by atoms with Crippen LogP contribution in [0.3, 0.4) is 0 Å². The van der Waals surface area contributed by atoms with E-state index in [4.69, 9.17) is 0 Å². The van der Waals surface area contributed by atoms with E-state index in [-0.39, 0.29) is 36.1 Å². The van der Waals surface area contributed by atoms with E-state index in [1.54, 1.807) is 18.2 Å². The minimum absolute atomic E-state index is 0. The van der Waals surface area contributed by atoms with Crippen LogP contribution in [0.25, 0.3) is 0 Å². The fourth-order valence-electron chi connectivity index (χ4n) is 2.40. The highest BCUT2D eigenvalue weighted by molar-refractivity contribution is 5.85. The number of amides is 1. The van der Waals surface area contributed by atoms with E-state index in [2.05, 4.69) is 10.6 Å². The molecule has 2 atom stereocenters. The summed E-state index contributed by atoms with van der Waals surface area (Å²) in [6, 6.07) is 6.85. The molecule has 112 valence electrons. The molecule has 2 N–H and O–H groups in total. The van der Waals surface area contributed by atoms with E-state index < -0.39 is 0 Å². The number of rotatable bonds is 4. The number of nitrogens with one attached hydrogen (secondary N) is 2. The van der Waals surface area contributed by atoms with E-state index in [1.165, 1.54) is 6.07 Å². The van der Waals surface area contributed by atoms with Gasteiger partial charge in [0.15, 0.2) is 0 Å². The van der Waals surface area contributed by atoms with Crippen LogP contribution in [0.15, 0.2) is 24.3 Å². The quantitative estimate of drug-likeness (QED) is 0.896. The molecule has 1 fully saturated rings. The zero-order valence-corrected chi connectivity index (χ0v) is 12.5. The molecule has 1 amide bonds. The van der Waals surface area contributed by atoms with Crippen molar-refractivity contribution in [1.29, 1.82) is 0 Å². The molecule has 1 aliphatic heterocycles. The van der Waals surface area contributed by atoms with Crippen LogP contribution in [-0.4, -0.2) is 25.0 Å².